The third-order valence-electron chi connectivity index (χ3n) is 5.89. The number of fused-ring (bicyclic) bond motifs is 1. The number of carbonyl (C=O) groups excluding carboxylic acids is 1. The first kappa shape index (κ1) is 24.6. The summed E-state index contributed by atoms with van der Waals surface area (Å²) in [5.41, 5.74) is 0.109. The molecule has 0 saturated carbocycles. The summed E-state index contributed by atoms with van der Waals surface area (Å²) < 4.78 is 13.2. The second-order valence-corrected chi connectivity index (χ2v) is 9.04. The highest BCUT2D eigenvalue weighted by Gasteiger charge is 2.23. The molecule has 0 aliphatic rings. The molecule has 2 aromatic heterocycles. The van der Waals surface area contributed by atoms with E-state index in [0.717, 1.165) is 27.8 Å². The number of nitrogens with zero attached hydrogens (tertiary/aromatic N) is 3. The standard InChI is InChI=1S/C24H31N3O5S/c1-7-9-12-25(8-2)20(28)14-26-23-21(15(3)16(4)33-23)22(29)27(24(26)30)18-11-10-17(31-5)13-19(18)32-6/h10-11,13H,7-9,12,14H2,1-6H3. The third-order valence-corrected chi connectivity index (χ3v) is 7.12. The molecule has 0 aliphatic heterocycles. The number of hydrogen-bond acceptors (Lipinski definition) is 6. The van der Waals surface area contributed by atoms with Crippen molar-refractivity contribution >= 4 is 27.5 Å². The summed E-state index contributed by atoms with van der Waals surface area (Å²) in [5, 5.41) is 0.444. The predicted molar refractivity (Wildman–Crippen MR) is 131 cm³/mol. The molecule has 1 amide bonds. The van der Waals surface area contributed by atoms with Crippen molar-refractivity contribution in [1.29, 1.82) is 0 Å². The Morgan fingerprint density at radius 2 is 1.85 bits per heavy atom. The molecule has 0 spiro atoms. The van der Waals surface area contributed by atoms with Crippen LogP contribution in [0.4, 0.5) is 0 Å². The van der Waals surface area contributed by atoms with E-state index in [4.69, 9.17) is 9.47 Å². The molecule has 0 radical (unpaired) electrons. The number of unbranched alkanes of at least 4 members (excludes halogenated alkanes) is 1. The summed E-state index contributed by atoms with van der Waals surface area (Å²) in [6.45, 7) is 8.83. The van der Waals surface area contributed by atoms with Crippen LogP contribution in [0.5, 0.6) is 11.5 Å². The number of rotatable bonds is 9. The Kier molecular flexibility index (Phi) is 7.63. The fourth-order valence-electron chi connectivity index (χ4n) is 3.82. The molecular formula is C24H31N3O5S. The van der Waals surface area contributed by atoms with E-state index in [-0.39, 0.29) is 12.5 Å². The lowest BCUT2D eigenvalue weighted by Crippen LogP contribution is -2.43. The van der Waals surface area contributed by atoms with Gasteiger partial charge in [-0.15, -0.1) is 11.3 Å². The fraction of sp³-hybridized carbons (Fsp3) is 0.458. The minimum absolute atomic E-state index is 0.134. The molecule has 0 fully saturated rings. The van der Waals surface area contributed by atoms with Crippen molar-refractivity contribution in [2.24, 2.45) is 0 Å². The molecule has 0 unspecified atom stereocenters. The summed E-state index contributed by atoms with van der Waals surface area (Å²) in [4.78, 5) is 43.5. The van der Waals surface area contributed by atoms with Crippen LogP contribution >= 0.6 is 11.3 Å². The molecule has 0 N–H and O–H groups in total. The van der Waals surface area contributed by atoms with E-state index in [2.05, 4.69) is 6.92 Å². The maximum atomic E-state index is 13.7. The summed E-state index contributed by atoms with van der Waals surface area (Å²) in [6, 6.07) is 4.90. The van der Waals surface area contributed by atoms with Crippen molar-refractivity contribution in [3.05, 3.63) is 49.5 Å². The number of hydrogen-bond donors (Lipinski definition) is 0. The van der Waals surface area contributed by atoms with E-state index < -0.39 is 11.2 Å². The van der Waals surface area contributed by atoms with Gasteiger partial charge in [-0.3, -0.25) is 14.2 Å². The largest absolute Gasteiger partial charge is 0.497 e. The molecular weight excluding hydrogens is 442 g/mol. The highest BCUT2D eigenvalue weighted by atomic mass is 32.1. The zero-order valence-corrected chi connectivity index (χ0v) is 20.9. The summed E-state index contributed by atoms with van der Waals surface area (Å²) >= 11 is 1.36. The van der Waals surface area contributed by atoms with Crippen molar-refractivity contribution in [2.45, 2.75) is 47.1 Å². The van der Waals surface area contributed by atoms with Crippen LogP contribution in [-0.2, 0) is 11.3 Å². The average Bonchev–Trinajstić information content (AvgIpc) is 3.11. The van der Waals surface area contributed by atoms with Crippen LogP contribution in [0, 0.1) is 13.8 Å². The van der Waals surface area contributed by atoms with Crippen LogP contribution in [0.1, 0.15) is 37.1 Å². The zero-order valence-electron chi connectivity index (χ0n) is 20.1. The van der Waals surface area contributed by atoms with Crippen molar-refractivity contribution in [3.63, 3.8) is 0 Å². The number of methoxy groups -OCH3 is 2. The summed E-state index contributed by atoms with van der Waals surface area (Å²) in [7, 11) is 3.00. The Balaban J connectivity index is 2.28. The number of aromatic nitrogens is 2. The lowest BCUT2D eigenvalue weighted by atomic mass is 10.2. The van der Waals surface area contributed by atoms with E-state index >= 15 is 0 Å². The number of carbonyl (C=O) groups is 1. The maximum absolute atomic E-state index is 13.7. The van der Waals surface area contributed by atoms with Crippen LogP contribution in [-0.4, -0.2) is 47.3 Å². The number of aryl methyl sites for hydroxylation is 2. The molecule has 0 aliphatic carbocycles. The van der Waals surface area contributed by atoms with E-state index in [0.29, 0.717) is 40.5 Å². The molecule has 9 heteroatoms. The van der Waals surface area contributed by atoms with Crippen LogP contribution < -0.4 is 20.7 Å². The van der Waals surface area contributed by atoms with Crippen molar-refractivity contribution in [2.75, 3.05) is 27.3 Å². The van der Waals surface area contributed by atoms with Gasteiger partial charge >= 0.3 is 5.69 Å². The average molecular weight is 474 g/mol. The lowest BCUT2D eigenvalue weighted by Gasteiger charge is -2.22. The monoisotopic (exact) mass is 473 g/mol. The summed E-state index contributed by atoms with van der Waals surface area (Å²) in [5.74, 6) is 0.718. The second kappa shape index (κ2) is 10.2. The molecule has 0 bridgehead atoms. The molecule has 3 aromatic rings. The van der Waals surface area contributed by atoms with E-state index in [1.807, 2.05) is 20.8 Å². The molecule has 1 aromatic carbocycles. The predicted octanol–water partition coefficient (Wildman–Crippen LogP) is 3.50. The first-order chi connectivity index (χ1) is 15.8. The molecule has 178 valence electrons. The Labute approximate surface area is 197 Å². The van der Waals surface area contributed by atoms with Crippen molar-refractivity contribution in [3.8, 4) is 17.2 Å². The number of likely N-dealkylation sites (N-methyl/N-ethyl adjacent to an activating group) is 1. The lowest BCUT2D eigenvalue weighted by molar-refractivity contribution is -0.131. The van der Waals surface area contributed by atoms with E-state index in [9.17, 15) is 14.4 Å². The minimum atomic E-state index is -0.572. The van der Waals surface area contributed by atoms with Gasteiger partial charge in [-0.1, -0.05) is 13.3 Å². The number of benzene rings is 1. The number of thiophene rings is 1. The van der Waals surface area contributed by atoms with Crippen LogP contribution in [0.3, 0.4) is 0 Å². The quantitative estimate of drug-likeness (QED) is 0.475. The zero-order chi connectivity index (χ0) is 24.3. The highest BCUT2D eigenvalue weighted by molar-refractivity contribution is 7.18. The van der Waals surface area contributed by atoms with Crippen LogP contribution in [0.2, 0.25) is 0 Å². The Bertz CT molecular complexity index is 1290. The van der Waals surface area contributed by atoms with Gasteiger partial charge < -0.3 is 14.4 Å². The molecule has 33 heavy (non-hydrogen) atoms. The normalized spacial score (nSPS) is 11.1. The fourth-order valence-corrected chi connectivity index (χ4v) is 4.96. The van der Waals surface area contributed by atoms with Gasteiger partial charge in [-0.25, -0.2) is 9.36 Å². The summed E-state index contributed by atoms with van der Waals surface area (Å²) in [6.07, 6.45) is 1.86. The molecule has 0 saturated heterocycles. The first-order valence-electron chi connectivity index (χ1n) is 11.0. The SMILES string of the molecule is CCCCN(CC)C(=O)Cn1c(=O)n(-c2ccc(OC)cc2OC)c(=O)c2c(C)c(C)sc21. The van der Waals surface area contributed by atoms with Gasteiger partial charge in [0.05, 0.1) is 25.3 Å². The van der Waals surface area contributed by atoms with Gasteiger partial charge in [-0.2, -0.15) is 0 Å². The van der Waals surface area contributed by atoms with Gasteiger partial charge in [-0.05, 0) is 44.9 Å². The molecule has 8 nitrogen and oxygen atoms in total. The van der Waals surface area contributed by atoms with Gasteiger partial charge in [0, 0.05) is 24.0 Å². The second-order valence-electron chi connectivity index (χ2n) is 7.84. The Morgan fingerprint density at radius 1 is 1.12 bits per heavy atom. The van der Waals surface area contributed by atoms with Gasteiger partial charge in [0.2, 0.25) is 5.91 Å². The minimum Gasteiger partial charge on any atom is -0.497 e. The number of amides is 1. The highest BCUT2D eigenvalue weighted by Crippen LogP contribution is 2.30. The van der Waals surface area contributed by atoms with Gasteiger partial charge in [0.15, 0.2) is 0 Å². The first-order valence-corrected chi connectivity index (χ1v) is 11.9. The van der Waals surface area contributed by atoms with E-state index in [1.165, 1.54) is 30.1 Å². The van der Waals surface area contributed by atoms with Crippen LogP contribution in [0.15, 0.2) is 27.8 Å². The Morgan fingerprint density at radius 3 is 2.45 bits per heavy atom. The molecule has 2 heterocycles. The van der Waals surface area contributed by atoms with Crippen molar-refractivity contribution < 1.29 is 14.3 Å². The maximum Gasteiger partial charge on any atom is 0.337 e. The topological polar surface area (TPSA) is 82.8 Å². The van der Waals surface area contributed by atoms with Gasteiger partial charge in [0.25, 0.3) is 5.56 Å². The smallest absolute Gasteiger partial charge is 0.337 e. The molecule has 3 rings (SSSR count). The van der Waals surface area contributed by atoms with Crippen LogP contribution in [0.25, 0.3) is 15.9 Å². The van der Waals surface area contributed by atoms with Gasteiger partial charge in [0.1, 0.15) is 22.9 Å². The third kappa shape index (κ3) is 4.55. The Hall–Kier alpha value is -3.07. The van der Waals surface area contributed by atoms with E-state index in [1.54, 1.807) is 23.1 Å². The van der Waals surface area contributed by atoms with Crippen molar-refractivity contribution in [1.82, 2.24) is 14.0 Å². The molecule has 0 atom stereocenters. The number of ether oxygens (including phenoxy) is 2.